The zero-order valence-electron chi connectivity index (χ0n) is 21.4. The largest absolute Gasteiger partial charge is 0.416 e. The number of amides is 1. The van der Waals surface area contributed by atoms with Crippen LogP contribution < -0.4 is 10.2 Å². The van der Waals surface area contributed by atoms with Gasteiger partial charge in [0.2, 0.25) is 0 Å². The van der Waals surface area contributed by atoms with Crippen LogP contribution in [0, 0.1) is 0 Å². The van der Waals surface area contributed by atoms with Crippen molar-refractivity contribution >= 4 is 29.5 Å². The van der Waals surface area contributed by atoms with Gasteiger partial charge in [-0.05, 0) is 17.7 Å². The maximum Gasteiger partial charge on any atom is 0.416 e. The number of carbonyl (C=O) groups is 1. The predicted molar refractivity (Wildman–Crippen MR) is 138 cm³/mol. The standard InChI is InChI=1S/C25H26F3N7O3.ClH/c1-24(2,3)23-32-22(38-33-23)21(36)29-12-16-5-4-15(10-18(16)25(26,27)28)20-19-11-17(13-35(19)31-14-30-20)34-6-8-37-9-7-34;/h4-5,10-11,13-14H,6-9,12H2,1-3H3,(H,29,36);1H. The number of alkyl halides is 3. The van der Waals surface area contributed by atoms with Crippen molar-refractivity contribution in [1.29, 1.82) is 0 Å². The van der Waals surface area contributed by atoms with Crippen molar-refractivity contribution < 1.29 is 27.2 Å². The van der Waals surface area contributed by atoms with Crippen molar-refractivity contribution in [3.63, 3.8) is 0 Å². The lowest BCUT2D eigenvalue weighted by atomic mass is 9.96. The van der Waals surface area contributed by atoms with Crippen LogP contribution in [0.5, 0.6) is 0 Å². The van der Waals surface area contributed by atoms with E-state index in [1.54, 1.807) is 10.6 Å². The molecule has 10 nitrogen and oxygen atoms in total. The smallest absolute Gasteiger partial charge is 0.378 e. The average Bonchev–Trinajstić information content (AvgIpc) is 3.55. The summed E-state index contributed by atoms with van der Waals surface area (Å²) in [6.07, 6.45) is -1.53. The number of aromatic nitrogens is 5. The van der Waals surface area contributed by atoms with Gasteiger partial charge >= 0.3 is 18.0 Å². The molecule has 0 radical (unpaired) electrons. The summed E-state index contributed by atoms with van der Waals surface area (Å²) in [5, 5.41) is 10.4. The summed E-state index contributed by atoms with van der Waals surface area (Å²) in [7, 11) is 0. The van der Waals surface area contributed by atoms with Gasteiger partial charge in [0, 0.05) is 30.6 Å². The predicted octanol–water partition coefficient (Wildman–Crippen LogP) is 4.28. The van der Waals surface area contributed by atoms with E-state index in [9.17, 15) is 18.0 Å². The van der Waals surface area contributed by atoms with Gasteiger partial charge in [-0.1, -0.05) is 38.1 Å². The molecule has 1 saturated heterocycles. The first-order chi connectivity index (χ1) is 18.0. The van der Waals surface area contributed by atoms with E-state index in [1.807, 2.05) is 33.0 Å². The topological polar surface area (TPSA) is 111 Å². The third kappa shape index (κ3) is 5.98. The Kier molecular flexibility index (Phi) is 7.84. The molecule has 0 bridgehead atoms. The fraction of sp³-hybridized carbons (Fsp3) is 0.400. The SMILES string of the molecule is CC(C)(C)c1noc(C(=O)NCc2ccc(-c3ncnn4cc(N5CCOCC5)cc34)cc2C(F)(F)F)n1.Cl. The van der Waals surface area contributed by atoms with E-state index in [0.29, 0.717) is 43.3 Å². The molecule has 14 heteroatoms. The van der Waals surface area contributed by atoms with Gasteiger partial charge in [0.05, 0.1) is 41.9 Å². The highest BCUT2D eigenvalue weighted by Gasteiger charge is 2.34. The molecular weight excluding hydrogens is 539 g/mol. The van der Waals surface area contributed by atoms with Gasteiger partial charge in [0.15, 0.2) is 5.82 Å². The van der Waals surface area contributed by atoms with E-state index in [2.05, 4.69) is 30.4 Å². The second kappa shape index (κ2) is 10.8. The maximum absolute atomic E-state index is 14.1. The fourth-order valence-corrected chi connectivity index (χ4v) is 4.15. The van der Waals surface area contributed by atoms with E-state index in [-0.39, 0.29) is 36.0 Å². The van der Waals surface area contributed by atoms with Crippen molar-refractivity contribution in [2.45, 2.75) is 38.9 Å². The Morgan fingerprint density at radius 3 is 2.54 bits per heavy atom. The lowest BCUT2D eigenvalue weighted by Crippen LogP contribution is -2.35. The second-order valence-electron chi connectivity index (χ2n) is 9.96. The molecule has 3 aromatic heterocycles. The number of hydrogen-bond donors (Lipinski definition) is 1. The molecule has 1 aliphatic heterocycles. The quantitative estimate of drug-likeness (QED) is 0.382. The Labute approximate surface area is 227 Å². The van der Waals surface area contributed by atoms with E-state index in [1.165, 1.54) is 12.4 Å². The molecule has 0 saturated carbocycles. The maximum atomic E-state index is 14.1. The lowest BCUT2D eigenvalue weighted by Gasteiger charge is -2.27. The van der Waals surface area contributed by atoms with Crippen LogP contribution in [0.15, 0.2) is 41.3 Å². The van der Waals surface area contributed by atoms with Crippen molar-refractivity contribution in [1.82, 2.24) is 30.1 Å². The third-order valence-electron chi connectivity index (χ3n) is 6.19. The molecule has 0 spiro atoms. The van der Waals surface area contributed by atoms with Crippen molar-refractivity contribution in [2.75, 3.05) is 31.2 Å². The first kappa shape index (κ1) is 28.3. The zero-order chi connectivity index (χ0) is 27.1. The number of rotatable bonds is 5. The number of hydrogen-bond acceptors (Lipinski definition) is 8. The molecule has 5 rings (SSSR count). The number of halogens is 4. The Hall–Kier alpha value is -3.71. The summed E-state index contributed by atoms with van der Waals surface area (Å²) in [5.74, 6) is -0.749. The van der Waals surface area contributed by atoms with Gasteiger partial charge in [-0.2, -0.15) is 23.3 Å². The number of fused-ring (bicyclic) bond motifs is 1. The Morgan fingerprint density at radius 1 is 1.13 bits per heavy atom. The number of morpholine rings is 1. The van der Waals surface area contributed by atoms with E-state index in [4.69, 9.17) is 9.26 Å². The van der Waals surface area contributed by atoms with Crippen LogP contribution in [0.2, 0.25) is 0 Å². The minimum atomic E-state index is -4.66. The summed E-state index contributed by atoms with van der Waals surface area (Å²) in [4.78, 5) is 22.9. The first-order valence-electron chi connectivity index (χ1n) is 12.0. The van der Waals surface area contributed by atoms with Crippen LogP contribution in [0.4, 0.5) is 18.9 Å². The molecule has 0 unspecified atom stereocenters. The van der Waals surface area contributed by atoms with Gasteiger partial charge in [0.25, 0.3) is 0 Å². The molecule has 39 heavy (non-hydrogen) atoms. The van der Waals surface area contributed by atoms with E-state index in [0.717, 1.165) is 11.8 Å². The Balaban J connectivity index is 0.00000353. The Bertz CT molecular complexity index is 1470. The van der Waals surface area contributed by atoms with Crippen LogP contribution in [0.25, 0.3) is 16.8 Å². The Morgan fingerprint density at radius 2 is 1.87 bits per heavy atom. The average molecular weight is 566 g/mol. The number of anilines is 1. The molecule has 1 amide bonds. The molecular formula is C25H27ClF3N7O3. The molecule has 1 aromatic carbocycles. The monoisotopic (exact) mass is 565 g/mol. The fourth-order valence-electron chi connectivity index (χ4n) is 4.15. The molecule has 4 aromatic rings. The van der Waals surface area contributed by atoms with Gasteiger partial charge in [-0.15, -0.1) is 12.4 Å². The van der Waals surface area contributed by atoms with Gasteiger partial charge in [-0.25, -0.2) is 9.50 Å². The summed E-state index contributed by atoms with van der Waals surface area (Å²) in [6.45, 7) is 7.77. The first-order valence-corrected chi connectivity index (χ1v) is 12.0. The van der Waals surface area contributed by atoms with Crippen molar-refractivity contribution in [2.24, 2.45) is 0 Å². The number of nitrogens with zero attached hydrogens (tertiary/aromatic N) is 6. The summed E-state index contributed by atoms with van der Waals surface area (Å²) in [5.41, 5.74) is 0.665. The summed E-state index contributed by atoms with van der Waals surface area (Å²) < 4.78 is 54.2. The van der Waals surface area contributed by atoms with Crippen LogP contribution in [0.3, 0.4) is 0 Å². The minimum absolute atomic E-state index is 0. The lowest BCUT2D eigenvalue weighted by molar-refractivity contribution is -0.138. The number of carbonyl (C=O) groups excluding carboxylic acids is 1. The van der Waals surface area contributed by atoms with Gasteiger partial charge in [-0.3, -0.25) is 4.79 Å². The summed E-state index contributed by atoms with van der Waals surface area (Å²) >= 11 is 0. The van der Waals surface area contributed by atoms with E-state index >= 15 is 0 Å². The number of nitrogens with one attached hydrogen (secondary N) is 1. The molecule has 1 aliphatic rings. The molecule has 0 atom stereocenters. The molecule has 1 fully saturated rings. The normalized spacial score (nSPS) is 14.4. The third-order valence-corrected chi connectivity index (χ3v) is 6.19. The van der Waals surface area contributed by atoms with Gasteiger partial charge in [0.1, 0.15) is 6.33 Å². The molecule has 4 heterocycles. The van der Waals surface area contributed by atoms with Gasteiger partial charge < -0.3 is 19.5 Å². The van der Waals surface area contributed by atoms with Crippen molar-refractivity contribution in [3.8, 4) is 11.3 Å². The highest BCUT2D eigenvalue weighted by atomic mass is 35.5. The molecule has 208 valence electrons. The highest BCUT2D eigenvalue weighted by Crippen LogP contribution is 2.36. The van der Waals surface area contributed by atoms with E-state index < -0.39 is 23.1 Å². The number of benzene rings is 1. The van der Waals surface area contributed by atoms with Crippen LogP contribution in [-0.2, 0) is 22.9 Å². The van der Waals surface area contributed by atoms with Crippen LogP contribution >= 0.6 is 12.4 Å². The highest BCUT2D eigenvalue weighted by molar-refractivity contribution is 5.89. The van der Waals surface area contributed by atoms with Crippen molar-refractivity contribution in [3.05, 3.63) is 59.6 Å². The zero-order valence-corrected chi connectivity index (χ0v) is 22.3. The second-order valence-corrected chi connectivity index (χ2v) is 9.96. The summed E-state index contributed by atoms with van der Waals surface area (Å²) in [6, 6.07) is 5.77. The van der Waals surface area contributed by atoms with Crippen LogP contribution in [-0.4, -0.2) is 56.9 Å². The molecule has 1 N–H and O–H groups in total. The number of ether oxygens (including phenoxy) is 1. The molecule has 0 aliphatic carbocycles. The minimum Gasteiger partial charge on any atom is -0.378 e. The van der Waals surface area contributed by atoms with Crippen LogP contribution in [0.1, 0.15) is 48.4 Å².